The molecular formula is C12H16O4S2. The van der Waals surface area contributed by atoms with Gasteiger partial charge in [-0.05, 0) is 18.2 Å². The second-order valence-electron chi connectivity index (χ2n) is 3.87. The third-order valence-corrected chi connectivity index (χ3v) is 4.51. The molecule has 0 spiro atoms. The first-order chi connectivity index (χ1) is 8.46. The van der Waals surface area contributed by atoms with Crippen LogP contribution < -0.4 is 4.74 Å². The first-order valence-corrected chi connectivity index (χ1v) is 8.55. The summed E-state index contributed by atoms with van der Waals surface area (Å²) in [5.41, 5.74) is 1.50. The lowest BCUT2D eigenvalue weighted by Crippen LogP contribution is -2.05. The van der Waals surface area contributed by atoms with Crippen molar-refractivity contribution in [3.63, 3.8) is 0 Å². The molecule has 0 amide bonds. The second-order valence-corrected chi connectivity index (χ2v) is 7.24. The molecule has 100 valence electrons. The maximum atomic E-state index is 11.0. The number of hydrogen-bond donors (Lipinski definition) is 0. The third-order valence-electron chi connectivity index (χ3n) is 2.30. The lowest BCUT2D eigenvalue weighted by Gasteiger charge is -2.08. The molecule has 0 unspecified atom stereocenters. The molecular weight excluding hydrogens is 272 g/mol. The lowest BCUT2D eigenvalue weighted by molar-refractivity contribution is 0.112. The molecule has 0 fully saturated rings. The van der Waals surface area contributed by atoms with E-state index in [1.165, 1.54) is 18.0 Å². The van der Waals surface area contributed by atoms with Gasteiger partial charge in [0, 0.05) is 28.9 Å². The zero-order valence-electron chi connectivity index (χ0n) is 10.4. The Balaban J connectivity index is 2.62. The van der Waals surface area contributed by atoms with Crippen molar-refractivity contribution in [3.8, 4) is 5.75 Å². The second kappa shape index (κ2) is 6.80. The number of hydrogen-bond acceptors (Lipinski definition) is 5. The van der Waals surface area contributed by atoms with E-state index in [1.807, 2.05) is 0 Å². The molecule has 0 aliphatic heterocycles. The summed E-state index contributed by atoms with van der Waals surface area (Å²) in [5.74, 6) is 2.04. The predicted octanol–water partition coefficient (Wildman–Crippen LogP) is 1.79. The van der Waals surface area contributed by atoms with Crippen molar-refractivity contribution in [2.45, 2.75) is 5.75 Å². The Hall–Kier alpha value is -1.01. The van der Waals surface area contributed by atoms with Gasteiger partial charge < -0.3 is 4.74 Å². The van der Waals surface area contributed by atoms with E-state index in [-0.39, 0.29) is 5.75 Å². The van der Waals surface area contributed by atoms with Crippen LogP contribution in [0.4, 0.5) is 0 Å². The summed E-state index contributed by atoms with van der Waals surface area (Å²) in [6.45, 7) is 0. The van der Waals surface area contributed by atoms with Gasteiger partial charge in [0.25, 0.3) is 0 Å². The third kappa shape index (κ3) is 5.10. The molecule has 0 N–H and O–H groups in total. The van der Waals surface area contributed by atoms with E-state index in [0.29, 0.717) is 22.8 Å². The van der Waals surface area contributed by atoms with Gasteiger partial charge in [-0.1, -0.05) is 0 Å². The number of aldehydes is 1. The quantitative estimate of drug-likeness (QED) is 0.565. The fourth-order valence-corrected chi connectivity index (χ4v) is 3.65. The summed E-state index contributed by atoms with van der Waals surface area (Å²) < 4.78 is 27.2. The van der Waals surface area contributed by atoms with Gasteiger partial charge in [0.15, 0.2) is 0 Å². The number of sulfone groups is 1. The van der Waals surface area contributed by atoms with Gasteiger partial charge in [-0.2, -0.15) is 11.8 Å². The molecule has 0 heterocycles. The number of methoxy groups -OCH3 is 1. The van der Waals surface area contributed by atoms with E-state index in [4.69, 9.17) is 4.74 Å². The highest BCUT2D eigenvalue weighted by Gasteiger charge is 2.06. The standard InChI is InChI=1S/C12H16O4S2/c1-16-12-4-3-10(8-13)7-11(12)9-17-5-6-18(2,14)15/h3-4,7-8H,5-6,9H2,1-2H3. The molecule has 1 rings (SSSR count). The lowest BCUT2D eigenvalue weighted by atomic mass is 10.1. The van der Waals surface area contributed by atoms with Crippen LogP contribution in [0.3, 0.4) is 0 Å². The van der Waals surface area contributed by atoms with Crippen molar-refractivity contribution in [2.24, 2.45) is 0 Å². The van der Waals surface area contributed by atoms with Crippen LogP contribution in [-0.4, -0.2) is 39.6 Å². The van der Waals surface area contributed by atoms with Crippen LogP contribution in [-0.2, 0) is 15.6 Å². The smallest absolute Gasteiger partial charge is 0.150 e. The number of carbonyl (C=O) groups excluding carboxylic acids is 1. The van der Waals surface area contributed by atoms with Gasteiger partial charge in [-0.15, -0.1) is 0 Å². The maximum Gasteiger partial charge on any atom is 0.150 e. The Kier molecular flexibility index (Phi) is 5.68. The molecule has 0 aliphatic rings. The monoisotopic (exact) mass is 288 g/mol. The predicted molar refractivity (Wildman–Crippen MR) is 74.3 cm³/mol. The van der Waals surface area contributed by atoms with Crippen molar-refractivity contribution >= 4 is 27.9 Å². The molecule has 0 atom stereocenters. The van der Waals surface area contributed by atoms with Crippen molar-refractivity contribution in [1.82, 2.24) is 0 Å². The molecule has 1 aromatic carbocycles. The van der Waals surface area contributed by atoms with E-state index < -0.39 is 9.84 Å². The molecule has 0 bridgehead atoms. The highest BCUT2D eigenvalue weighted by molar-refractivity contribution is 7.99. The Bertz CT molecular complexity index is 509. The van der Waals surface area contributed by atoms with Gasteiger partial charge in [0.05, 0.1) is 12.9 Å². The fraction of sp³-hybridized carbons (Fsp3) is 0.417. The topological polar surface area (TPSA) is 60.4 Å². The largest absolute Gasteiger partial charge is 0.496 e. The number of benzene rings is 1. The fourth-order valence-electron chi connectivity index (χ4n) is 1.38. The molecule has 0 saturated heterocycles. The van der Waals surface area contributed by atoms with Gasteiger partial charge >= 0.3 is 0 Å². The van der Waals surface area contributed by atoms with Crippen molar-refractivity contribution in [3.05, 3.63) is 29.3 Å². The SMILES string of the molecule is COc1ccc(C=O)cc1CSCCS(C)(=O)=O. The van der Waals surface area contributed by atoms with Crippen molar-refractivity contribution in [1.29, 1.82) is 0 Å². The van der Waals surface area contributed by atoms with Crippen LogP contribution in [0.15, 0.2) is 18.2 Å². The zero-order chi connectivity index (χ0) is 13.6. The van der Waals surface area contributed by atoms with Gasteiger partial charge in [0.1, 0.15) is 21.9 Å². The van der Waals surface area contributed by atoms with Gasteiger partial charge in [-0.3, -0.25) is 4.79 Å². The van der Waals surface area contributed by atoms with E-state index in [9.17, 15) is 13.2 Å². The summed E-state index contributed by atoms with van der Waals surface area (Å²) in [7, 11) is -1.35. The van der Waals surface area contributed by atoms with E-state index in [0.717, 1.165) is 11.8 Å². The molecule has 1 aromatic rings. The van der Waals surface area contributed by atoms with Crippen LogP contribution in [0.5, 0.6) is 5.75 Å². The van der Waals surface area contributed by atoms with E-state index in [1.54, 1.807) is 25.3 Å². The van der Waals surface area contributed by atoms with Crippen molar-refractivity contribution in [2.75, 3.05) is 24.9 Å². The molecule has 0 saturated carbocycles. The zero-order valence-corrected chi connectivity index (χ0v) is 12.0. The minimum Gasteiger partial charge on any atom is -0.496 e. The molecule has 6 heteroatoms. The summed E-state index contributed by atoms with van der Waals surface area (Å²) in [4.78, 5) is 10.7. The van der Waals surface area contributed by atoms with Gasteiger partial charge in [0.2, 0.25) is 0 Å². The molecule has 4 nitrogen and oxygen atoms in total. The Labute approximate surface area is 112 Å². The minimum absolute atomic E-state index is 0.160. The number of carbonyl (C=O) groups is 1. The Morgan fingerprint density at radius 3 is 2.67 bits per heavy atom. The molecule has 0 aliphatic carbocycles. The highest BCUT2D eigenvalue weighted by Crippen LogP contribution is 2.24. The molecule has 18 heavy (non-hydrogen) atoms. The van der Waals surface area contributed by atoms with Crippen LogP contribution in [0.2, 0.25) is 0 Å². The first-order valence-electron chi connectivity index (χ1n) is 5.34. The van der Waals surface area contributed by atoms with Crippen LogP contribution in [0.25, 0.3) is 0 Å². The maximum absolute atomic E-state index is 11.0. The van der Waals surface area contributed by atoms with Crippen LogP contribution in [0.1, 0.15) is 15.9 Å². The summed E-state index contributed by atoms with van der Waals surface area (Å²) >= 11 is 1.51. The van der Waals surface area contributed by atoms with E-state index >= 15 is 0 Å². The average molecular weight is 288 g/mol. The number of thioether (sulfide) groups is 1. The summed E-state index contributed by atoms with van der Waals surface area (Å²) in [6.07, 6.45) is 2.01. The summed E-state index contributed by atoms with van der Waals surface area (Å²) in [5, 5.41) is 0. The summed E-state index contributed by atoms with van der Waals surface area (Å²) in [6, 6.07) is 5.20. The van der Waals surface area contributed by atoms with Gasteiger partial charge in [-0.25, -0.2) is 8.42 Å². The molecule has 0 aromatic heterocycles. The minimum atomic E-state index is -2.92. The van der Waals surface area contributed by atoms with Crippen LogP contribution in [0, 0.1) is 0 Å². The normalized spacial score (nSPS) is 11.2. The van der Waals surface area contributed by atoms with E-state index in [2.05, 4.69) is 0 Å². The Morgan fingerprint density at radius 2 is 2.11 bits per heavy atom. The first kappa shape index (κ1) is 15.0. The number of ether oxygens (including phenoxy) is 1. The average Bonchev–Trinajstić information content (AvgIpc) is 2.33. The molecule has 0 radical (unpaired) electrons. The Morgan fingerprint density at radius 1 is 1.39 bits per heavy atom. The highest BCUT2D eigenvalue weighted by atomic mass is 32.2. The number of rotatable bonds is 7. The van der Waals surface area contributed by atoms with Crippen LogP contribution >= 0.6 is 11.8 Å². The van der Waals surface area contributed by atoms with Crippen molar-refractivity contribution < 1.29 is 17.9 Å².